The molecule has 1 atom stereocenters. The Balaban J connectivity index is 3.44. The van der Waals surface area contributed by atoms with Crippen LogP contribution in [0.3, 0.4) is 0 Å². The number of nitrogens with two attached hydrogens (primary N) is 1. The van der Waals surface area contributed by atoms with Gasteiger partial charge in [0.1, 0.15) is 6.04 Å². The average molecular weight is 201 g/mol. The number of carbonyl (C=O) groups is 1. The van der Waals surface area contributed by atoms with Gasteiger partial charge in [0.15, 0.2) is 0 Å². The fourth-order valence-corrected chi connectivity index (χ4v) is 1.20. The monoisotopic (exact) mass is 201 g/mol. The van der Waals surface area contributed by atoms with Crippen molar-refractivity contribution in [3.05, 3.63) is 0 Å². The maximum absolute atomic E-state index is 11.2. The minimum atomic E-state index is -0.431. The Bertz CT molecular complexity index is 157. The third kappa shape index (κ3) is 6.89. The zero-order chi connectivity index (χ0) is 11.0. The minimum absolute atomic E-state index is 0.254. The van der Waals surface area contributed by atoms with E-state index in [4.69, 9.17) is 10.5 Å². The first-order valence-corrected chi connectivity index (χ1v) is 5.50. The Morgan fingerprint density at radius 3 is 2.50 bits per heavy atom. The van der Waals surface area contributed by atoms with Crippen LogP contribution >= 0.6 is 0 Å². The Kier molecular flexibility index (Phi) is 7.48. The summed E-state index contributed by atoms with van der Waals surface area (Å²) in [6.07, 6.45) is 3.66. The van der Waals surface area contributed by atoms with Crippen molar-refractivity contribution in [3.8, 4) is 0 Å². The van der Waals surface area contributed by atoms with Crippen LogP contribution in [0, 0.1) is 5.92 Å². The Labute approximate surface area is 87.0 Å². The van der Waals surface area contributed by atoms with E-state index in [1.54, 1.807) is 0 Å². The van der Waals surface area contributed by atoms with Crippen LogP contribution in [0.15, 0.2) is 0 Å². The molecule has 0 fully saturated rings. The second-order valence-electron chi connectivity index (χ2n) is 4.10. The number of hydrogen-bond donors (Lipinski definition) is 1. The SMILES string of the molecule is CCCC(N)C(=O)OCCCC(C)C. The molecule has 0 saturated heterocycles. The number of hydrogen-bond acceptors (Lipinski definition) is 3. The van der Waals surface area contributed by atoms with E-state index in [-0.39, 0.29) is 5.97 Å². The normalized spacial score (nSPS) is 12.9. The van der Waals surface area contributed by atoms with Gasteiger partial charge in [0, 0.05) is 0 Å². The molecular weight excluding hydrogens is 178 g/mol. The van der Waals surface area contributed by atoms with E-state index in [0.717, 1.165) is 19.3 Å². The summed E-state index contributed by atoms with van der Waals surface area (Å²) in [5.74, 6) is 0.411. The zero-order valence-electron chi connectivity index (χ0n) is 9.58. The van der Waals surface area contributed by atoms with Gasteiger partial charge in [-0.2, -0.15) is 0 Å². The van der Waals surface area contributed by atoms with E-state index in [1.807, 2.05) is 6.92 Å². The molecule has 0 aliphatic carbocycles. The standard InChI is InChI=1S/C11H23NO2/c1-4-6-10(12)11(13)14-8-5-7-9(2)3/h9-10H,4-8,12H2,1-3H3. The van der Waals surface area contributed by atoms with Gasteiger partial charge in [-0.3, -0.25) is 4.79 Å². The molecule has 0 spiro atoms. The lowest BCUT2D eigenvalue weighted by molar-refractivity contribution is -0.145. The van der Waals surface area contributed by atoms with Gasteiger partial charge in [-0.25, -0.2) is 0 Å². The Morgan fingerprint density at radius 1 is 1.36 bits per heavy atom. The van der Waals surface area contributed by atoms with Crippen LogP contribution in [-0.4, -0.2) is 18.6 Å². The molecular formula is C11H23NO2. The molecule has 0 heterocycles. The summed E-state index contributed by atoms with van der Waals surface area (Å²) in [6.45, 7) is 6.83. The van der Waals surface area contributed by atoms with Crippen LogP contribution in [0.25, 0.3) is 0 Å². The topological polar surface area (TPSA) is 52.3 Å². The smallest absolute Gasteiger partial charge is 0.322 e. The van der Waals surface area contributed by atoms with Gasteiger partial charge in [-0.05, 0) is 25.2 Å². The van der Waals surface area contributed by atoms with Crippen molar-refractivity contribution in [2.24, 2.45) is 11.7 Å². The fraction of sp³-hybridized carbons (Fsp3) is 0.909. The number of esters is 1. The molecule has 0 amide bonds. The maximum Gasteiger partial charge on any atom is 0.322 e. The molecule has 0 aromatic heterocycles. The third-order valence-corrected chi connectivity index (χ3v) is 2.07. The molecule has 0 rings (SSSR count). The van der Waals surface area contributed by atoms with Gasteiger partial charge in [0.25, 0.3) is 0 Å². The summed E-state index contributed by atoms with van der Waals surface area (Å²) < 4.78 is 5.04. The van der Waals surface area contributed by atoms with Gasteiger partial charge in [0.2, 0.25) is 0 Å². The lowest BCUT2D eigenvalue weighted by Gasteiger charge is -2.10. The van der Waals surface area contributed by atoms with Crippen LogP contribution in [0.1, 0.15) is 46.5 Å². The largest absolute Gasteiger partial charge is 0.465 e. The number of rotatable bonds is 7. The van der Waals surface area contributed by atoms with Crippen LogP contribution in [0.2, 0.25) is 0 Å². The summed E-state index contributed by atoms with van der Waals surface area (Å²) in [4.78, 5) is 11.2. The molecule has 1 unspecified atom stereocenters. The van der Waals surface area contributed by atoms with Crippen molar-refractivity contribution in [2.75, 3.05) is 6.61 Å². The second-order valence-corrected chi connectivity index (χ2v) is 4.10. The first kappa shape index (κ1) is 13.4. The van der Waals surface area contributed by atoms with E-state index in [1.165, 1.54) is 0 Å². The fourth-order valence-electron chi connectivity index (χ4n) is 1.20. The molecule has 0 saturated carbocycles. The van der Waals surface area contributed by atoms with Gasteiger partial charge in [-0.15, -0.1) is 0 Å². The van der Waals surface area contributed by atoms with Crippen LogP contribution in [-0.2, 0) is 9.53 Å². The van der Waals surface area contributed by atoms with Crippen molar-refractivity contribution >= 4 is 5.97 Å². The van der Waals surface area contributed by atoms with Crippen molar-refractivity contribution in [3.63, 3.8) is 0 Å². The first-order valence-electron chi connectivity index (χ1n) is 5.50. The second kappa shape index (κ2) is 7.80. The van der Waals surface area contributed by atoms with E-state index in [9.17, 15) is 4.79 Å². The molecule has 14 heavy (non-hydrogen) atoms. The van der Waals surface area contributed by atoms with Crippen LogP contribution < -0.4 is 5.73 Å². The highest BCUT2D eigenvalue weighted by molar-refractivity contribution is 5.75. The molecule has 0 aromatic rings. The average Bonchev–Trinajstić information content (AvgIpc) is 2.12. The number of carbonyl (C=O) groups excluding carboxylic acids is 1. The Morgan fingerprint density at radius 2 is 2.00 bits per heavy atom. The summed E-state index contributed by atoms with van der Waals surface area (Å²) in [6, 6.07) is -0.431. The first-order chi connectivity index (χ1) is 6.57. The quantitative estimate of drug-likeness (QED) is 0.507. The van der Waals surface area contributed by atoms with Crippen molar-refractivity contribution in [1.82, 2.24) is 0 Å². The third-order valence-electron chi connectivity index (χ3n) is 2.07. The van der Waals surface area contributed by atoms with Gasteiger partial charge in [-0.1, -0.05) is 27.2 Å². The van der Waals surface area contributed by atoms with Gasteiger partial charge < -0.3 is 10.5 Å². The summed E-state index contributed by atoms with van der Waals surface area (Å²) in [7, 11) is 0. The van der Waals surface area contributed by atoms with E-state index >= 15 is 0 Å². The van der Waals surface area contributed by atoms with E-state index < -0.39 is 6.04 Å². The van der Waals surface area contributed by atoms with E-state index in [2.05, 4.69) is 13.8 Å². The highest BCUT2D eigenvalue weighted by atomic mass is 16.5. The predicted octanol–water partition coefficient (Wildman–Crippen LogP) is 2.09. The maximum atomic E-state index is 11.2. The van der Waals surface area contributed by atoms with Crippen LogP contribution in [0.5, 0.6) is 0 Å². The highest BCUT2D eigenvalue weighted by Gasteiger charge is 2.12. The predicted molar refractivity (Wildman–Crippen MR) is 57.9 cm³/mol. The van der Waals surface area contributed by atoms with Crippen molar-refractivity contribution in [1.29, 1.82) is 0 Å². The minimum Gasteiger partial charge on any atom is -0.465 e. The zero-order valence-corrected chi connectivity index (χ0v) is 9.58. The molecule has 2 N–H and O–H groups in total. The lowest BCUT2D eigenvalue weighted by Crippen LogP contribution is -2.32. The van der Waals surface area contributed by atoms with E-state index in [0.29, 0.717) is 18.9 Å². The summed E-state index contributed by atoms with van der Waals surface area (Å²) in [5.41, 5.74) is 5.60. The highest BCUT2D eigenvalue weighted by Crippen LogP contribution is 2.04. The van der Waals surface area contributed by atoms with Crippen LogP contribution in [0.4, 0.5) is 0 Å². The Hall–Kier alpha value is -0.570. The number of ether oxygens (including phenoxy) is 1. The molecule has 3 nitrogen and oxygen atoms in total. The molecule has 0 aliphatic rings. The lowest BCUT2D eigenvalue weighted by atomic mass is 10.1. The van der Waals surface area contributed by atoms with Crippen molar-refractivity contribution in [2.45, 2.75) is 52.5 Å². The van der Waals surface area contributed by atoms with Gasteiger partial charge >= 0.3 is 5.97 Å². The summed E-state index contributed by atoms with van der Waals surface area (Å²) >= 11 is 0. The van der Waals surface area contributed by atoms with Gasteiger partial charge in [0.05, 0.1) is 6.61 Å². The molecule has 3 heteroatoms. The molecule has 0 radical (unpaired) electrons. The molecule has 84 valence electrons. The summed E-state index contributed by atoms with van der Waals surface area (Å²) in [5, 5.41) is 0. The molecule has 0 aromatic carbocycles. The molecule has 0 bridgehead atoms. The molecule has 0 aliphatic heterocycles. The van der Waals surface area contributed by atoms with Crippen molar-refractivity contribution < 1.29 is 9.53 Å².